The molecule has 9 heteroatoms. The molecule has 7 nitrogen and oxygen atoms in total. The topological polar surface area (TPSA) is 81.6 Å². The Bertz CT molecular complexity index is 968. The Morgan fingerprint density at radius 2 is 1.96 bits per heavy atom. The summed E-state index contributed by atoms with van der Waals surface area (Å²) in [5.41, 5.74) is 9.29. The van der Waals surface area contributed by atoms with Crippen LogP contribution in [-0.4, -0.2) is 45.9 Å². The molecule has 1 saturated heterocycles. The molecule has 1 aliphatic heterocycles. The number of morpholine rings is 1. The summed E-state index contributed by atoms with van der Waals surface area (Å²) in [6, 6.07) is 5.37. The fraction of sp³-hybridized carbons (Fsp3) is 0.353. The Morgan fingerprint density at radius 1 is 1.19 bits per heavy atom. The molecule has 136 valence electrons. The third-order valence-electron chi connectivity index (χ3n) is 4.47. The van der Waals surface area contributed by atoms with Crippen LogP contribution >= 0.6 is 23.2 Å². The highest BCUT2D eigenvalue weighted by atomic mass is 35.5. The first-order valence-electron chi connectivity index (χ1n) is 8.33. The van der Waals surface area contributed by atoms with E-state index in [1.54, 1.807) is 16.6 Å². The zero-order valence-electron chi connectivity index (χ0n) is 14.2. The third kappa shape index (κ3) is 3.01. The Kier molecular flexibility index (Phi) is 4.71. The Labute approximate surface area is 160 Å². The van der Waals surface area contributed by atoms with Crippen molar-refractivity contribution in [1.82, 2.24) is 19.6 Å². The van der Waals surface area contributed by atoms with Crippen molar-refractivity contribution < 1.29 is 4.74 Å². The highest BCUT2D eigenvalue weighted by Gasteiger charge is 2.22. The van der Waals surface area contributed by atoms with Crippen LogP contribution in [0.2, 0.25) is 10.0 Å². The van der Waals surface area contributed by atoms with Crippen molar-refractivity contribution in [2.75, 3.05) is 31.2 Å². The monoisotopic (exact) mass is 392 g/mol. The van der Waals surface area contributed by atoms with E-state index < -0.39 is 0 Å². The summed E-state index contributed by atoms with van der Waals surface area (Å²) in [6.45, 7) is 5.04. The molecular formula is C17H18Cl2N6O. The second kappa shape index (κ2) is 7.00. The first-order valence-corrected chi connectivity index (χ1v) is 9.08. The Morgan fingerprint density at radius 3 is 2.65 bits per heavy atom. The van der Waals surface area contributed by atoms with Gasteiger partial charge in [0.1, 0.15) is 0 Å². The number of aromatic nitrogens is 4. The number of hydrogen-bond acceptors (Lipinski definition) is 6. The van der Waals surface area contributed by atoms with Crippen LogP contribution in [0.15, 0.2) is 18.2 Å². The first-order chi connectivity index (χ1) is 12.6. The van der Waals surface area contributed by atoms with E-state index in [4.69, 9.17) is 38.8 Å². The zero-order chi connectivity index (χ0) is 18.3. The predicted molar refractivity (Wildman–Crippen MR) is 102 cm³/mol. The van der Waals surface area contributed by atoms with Crippen LogP contribution in [0, 0.1) is 6.92 Å². The second-order valence-electron chi connectivity index (χ2n) is 6.08. The van der Waals surface area contributed by atoms with Crippen LogP contribution in [0.3, 0.4) is 0 Å². The lowest BCUT2D eigenvalue weighted by Crippen LogP contribution is -2.36. The fourth-order valence-corrected chi connectivity index (χ4v) is 3.63. The molecule has 2 N–H and O–H groups in total. The lowest BCUT2D eigenvalue weighted by molar-refractivity contribution is 0.122. The second-order valence-corrected chi connectivity index (χ2v) is 6.92. The van der Waals surface area contributed by atoms with Crippen LogP contribution in [0.5, 0.6) is 0 Å². The molecule has 0 spiro atoms. The van der Waals surface area contributed by atoms with Gasteiger partial charge in [0, 0.05) is 41.5 Å². The van der Waals surface area contributed by atoms with E-state index in [1.165, 1.54) is 0 Å². The number of nitrogens with zero attached hydrogens (tertiary/aromatic N) is 5. The van der Waals surface area contributed by atoms with Crippen molar-refractivity contribution >= 4 is 34.9 Å². The quantitative estimate of drug-likeness (QED) is 0.737. The number of halogens is 2. The normalized spacial score (nSPS) is 15.0. The van der Waals surface area contributed by atoms with E-state index >= 15 is 0 Å². The highest BCUT2D eigenvalue weighted by molar-refractivity contribution is 6.36. The first kappa shape index (κ1) is 17.5. The van der Waals surface area contributed by atoms with Gasteiger partial charge in [0.25, 0.3) is 5.78 Å². The molecule has 3 heterocycles. The number of fused-ring (bicyclic) bond motifs is 1. The largest absolute Gasteiger partial charge is 0.378 e. The average molecular weight is 393 g/mol. The molecule has 0 unspecified atom stereocenters. The van der Waals surface area contributed by atoms with Gasteiger partial charge in [0.05, 0.1) is 23.9 Å². The van der Waals surface area contributed by atoms with Crippen LogP contribution < -0.4 is 10.6 Å². The molecular weight excluding hydrogens is 375 g/mol. The van der Waals surface area contributed by atoms with Gasteiger partial charge in [-0.1, -0.05) is 23.2 Å². The van der Waals surface area contributed by atoms with Crippen molar-refractivity contribution in [2.24, 2.45) is 5.73 Å². The van der Waals surface area contributed by atoms with Crippen LogP contribution in [-0.2, 0) is 11.3 Å². The molecule has 1 aliphatic rings. The SMILES string of the molecule is Cc1nc2nc(N3CCOCC3)nn2c(-c2ccc(Cl)cc2Cl)c1CN. The molecule has 2 aromatic heterocycles. The molecule has 3 aromatic rings. The van der Waals surface area contributed by atoms with Gasteiger partial charge in [0.2, 0.25) is 5.95 Å². The smallest absolute Gasteiger partial charge is 0.254 e. The summed E-state index contributed by atoms with van der Waals surface area (Å²) >= 11 is 12.5. The van der Waals surface area contributed by atoms with Gasteiger partial charge < -0.3 is 15.4 Å². The van der Waals surface area contributed by atoms with E-state index in [1.807, 2.05) is 13.0 Å². The van der Waals surface area contributed by atoms with Crippen LogP contribution in [0.4, 0.5) is 5.95 Å². The number of rotatable bonds is 3. The number of anilines is 1. The van der Waals surface area contributed by atoms with E-state index in [0.29, 0.717) is 41.5 Å². The van der Waals surface area contributed by atoms with Crippen molar-refractivity contribution in [2.45, 2.75) is 13.5 Å². The van der Waals surface area contributed by atoms with E-state index in [9.17, 15) is 0 Å². The highest BCUT2D eigenvalue weighted by Crippen LogP contribution is 2.33. The summed E-state index contributed by atoms with van der Waals surface area (Å²) in [6.07, 6.45) is 0. The van der Waals surface area contributed by atoms with Gasteiger partial charge in [-0.3, -0.25) is 0 Å². The molecule has 0 amide bonds. The fourth-order valence-electron chi connectivity index (χ4n) is 3.13. The summed E-state index contributed by atoms with van der Waals surface area (Å²) < 4.78 is 7.12. The molecule has 0 radical (unpaired) electrons. The molecule has 0 atom stereocenters. The number of nitrogens with two attached hydrogens (primary N) is 1. The lowest BCUT2D eigenvalue weighted by Gasteiger charge is -2.25. The van der Waals surface area contributed by atoms with E-state index in [2.05, 4.69) is 14.9 Å². The number of benzene rings is 1. The van der Waals surface area contributed by atoms with Gasteiger partial charge in [-0.2, -0.15) is 9.50 Å². The summed E-state index contributed by atoms with van der Waals surface area (Å²) in [7, 11) is 0. The van der Waals surface area contributed by atoms with Gasteiger partial charge in [-0.05, 0) is 25.1 Å². The van der Waals surface area contributed by atoms with Crippen LogP contribution in [0.1, 0.15) is 11.3 Å². The molecule has 0 saturated carbocycles. The predicted octanol–water partition coefficient (Wildman–Crippen LogP) is 2.70. The minimum absolute atomic E-state index is 0.315. The molecule has 4 rings (SSSR count). The molecule has 26 heavy (non-hydrogen) atoms. The minimum atomic E-state index is 0.315. The van der Waals surface area contributed by atoms with Crippen molar-refractivity contribution in [3.8, 4) is 11.3 Å². The van der Waals surface area contributed by atoms with Crippen molar-refractivity contribution in [1.29, 1.82) is 0 Å². The summed E-state index contributed by atoms with van der Waals surface area (Å²) in [4.78, 5) is 11.3. The van der Waals surface area contributed by atoms with E-state index in [0.717, 1.165) is 35.6 Å². The maximum atomic E-state index is 6.47. The average Bonchev–Trinajstić information content (AvgIpc) is 3.05. The van der Waals surface area contributed by atoms with Gasteiger partial charge in [0.15, 0.2) is 0 Å². The standard InChI is InChI=1S/C17H18Cl2N6O/c1-10-13(9-20)15(12-3-2-11(18)8-14(12)19)25-16(21-10)22-17(23-25)24-4-6-26-7-5-24/h2-3,8H,4-7,9,20H2,1H3. The maximum absolute atomic E-state index is 6.47. The summed E-state index contributed by atoms with van der Waals surface area (Å²) in [5, 5.41) is 5.79. The lowest BCUT2D eigenvalue weighted by atomic mass is 10.0. The molecule has 0 aliphatic carbocycles. The zero-order valence-corrected chi connectivity index (χ0v) is 15.8. The Balaban J connectivity index is 1.95. The number of aryl methyl sites for hydroxylation is 1. The van der Waals surface area contributed by atoms with Gasteiger partial charge >= 0.3 is 0 Å². The van der Waals surface area contributed by atoms with Gasteiger partial charge in [-0.15, -0.1) is 5.10 Å². The third-order valence-corrected chi connectivity index (χ3v) is 5.01. The Hall–Kier alpha value is -1.93. The number of hydrogen-bond donors (Lipinski definition) is 1. The molecule has 1 fully saturated rings. The summed E-state index contributed by atoms with van der Waals surface area (Å²) in [5.74, 6) is 1.14. The minimum Gasteiger partial charge on any atom is -0.378 e. The van der Waals surface area contributed by atoms with Crippen LogP contribution in [0.25, 0.3) is 17.0 Å². The number of ether oxygens (including phenoxy) is 1. The van der Waals surface area contributed by atoms with Gasteiger partial charge in [-0.25, -0.2) is 4.98 Å². The molecule has 1 aromatic carbocycles. The van der Waals surface area contributed by atoms with Crippen molar-refractivity contribution in [3.63, 3.8) is 0 Å². The molecule has 0 bridgehead atoms. The van der Waals surface area contributed by atoms with E-state index in [-0.39, 0.29) is 0 Å². The maximum Gasteiger partial charge on any atom is 0.254 e. The van der Waals surface area contributed by atoms with Crippen molar-refractivity contribution in [3.05, 3.63) is 39.5 Å².